The molecule has 118 valence electrons. The number of amides is 2. The van der Waals surface area contributed by atoms with Gasteiger partial charge in [-0.05, 0) is 25.5 Å². The molecule has 7 nitrogen and oxygen atoms in total. The van der Waals surface area contributed by atoms with E-state index in [9.17, 15) is 4.79 Å². The predicted octanol–water partition coefficient (Wildman–Crippen LogP) is 1.44. The van der Waals surface area contributed by atoms with Crippen LogP contribution in [-0.4, -0.2) is 50.8 Å². The summed E-state index contributed by atoms with van der Waals surface area (Å²) in [4.78, 5) is 14.1. The summed E-state index contributed by atoms with van der Waals surface area (Å²) in [5.41, 5.74) is 0.522. The third-order valence-electron chi connectivity index (χ3n) is 4.15. The summed E-state index contributed by atoms with van der Waals surface area (Å²) in [6, 6.07) is 5.62. The van der Waals surface area contributed by atoms with Crippen LogP contribution in [0.2, 0.25) is 0 Å². The van der Waals surface area contributed by atoms with E-state index in [0.29, 0.717) is 26.2 Å². The number of rotatable bonds is 3. The van der Waals surface area contributed by atoms with E-state index in [1.54, 1.807) is 4.90 Å². The highest BCUT2D eigenvalue weighted by atomic mass is 16.5. The lowest BCUT2D eigenvalue weighted by Gasteiger charge is -2.39. The molecule has 3 rings (SSSR count). The number of urea groups is 1. The van der Waals surface area contributed by atoms with Crippen molar-refractivity contribution in [1.29, 1.82) is 0 Å². The van der Waals surface area contributed by atoms with Gasteiger partial charge in [-0.2, -0.15) is 0 Å². The molecular weight excluding hydrogens is 282 g/mol. The molecule has 1 fully saturated rings. The number of fused-ring (bicyclic) bond motifs is 1. The second kappa shape index (κ2) is 5.92. The Morgan fingerprint density at radius 3 is 3.14 bits per heavy atom. The number of carbonyl (C=O) groups excluding carboxylic acids is 1. The quantitative estimate of drug-likeness (QED) is 0.931. The highest BCUT2D eigenvalue weighted by Crippen LogP contribution is 2.20. The van der Waals surface area contributed by atoms with Crippen LogP contribution in [0, 0.1) is 0 Å². The Balaban J connectivity index is 1.62. The molecule has 7 heteroatoms. The fourth-order valence-electron chi connectivity index (χ4n) is 2.60. The maximum atomic E-state index is 12.3. The van der Waals surface area contributed by atoms with Gasteiger partial charge in [-0.15, -0.1) is 10.2 Å². The van der Waals surface area contributed by atoms with E-state index in [1.807, 2.05) is 35.7 Å². The summed E-state index contributed by atoms with van der Waals surface area (Å²) in [7, 11) is 0. The Labute approximate surface area is 129 Å². The minimum Gasteiger partial charge on any atom is -0.372 e. The van der Waals surface area contributed by atoms with Crippen LogP contribution < -0.4 is 5.32 Å². The van der Waals surface area contributed by atoms with Gasteiger partial charge in [0.2, 0.25) is 0 Å². The second-order valence-electron chi connectivity index (χ2n) is 5.78. The fourth-order valence-corrected chi connectivity index (χ4v) is 2.60. The van der Waals surface area contributed by atoms with Crippen molar-refractivity contribution in [2.75, 3.05) is 19.7 Å². The van der Waals surface area contributed by atoms with E-state index in [4.69, 9.17) is 4.74 Å². The van der Waals surface area contributed by atoms with Crippen LogP contribution in [0.4, 0.5) is 4.79 Å². The van der Waals surface area contributed by atoms with Crippen LogP contribution in [0.1, 0.15) is 26.1 Å². The molecule has 2 aromatic heterocycles. The first-order valence-electron chi connectivity index (χ1n) is 7.57. The normalized spacial score (nSPS) is 22.0. The second-order valence-corrected chi connectivity index (χ2v) is 5.78. The van der Waals surface area contributed by atoms with Gasteiger partial charge in [-0.1, -0.05) is 13.0 Å². The largest absolute Gasteiger partial charge is 0.372 e. The Hall–Kier alpha value is -2.15. The molecule has 0 spiro atoms. The minimum absolute atomic E-state index is 0.0874. The smallest absolute Gasteiger partial charge is 0.317 e. The van der Waals surface area contributed by atoms with E-state index < -0.39 is 0 Å². The van der Waals surface area contributed by atoms with E-state index in [1.165, 1.54) is 0 Å². The topological polar surface area (TPSA) is 71.8 Å². The zero-order valence-electron chi connectivity index (χ0n) is 13.0. The molecule has 2 aromatic rings. The Morgan fingerprint density at radius 1 is 1.45 bits per heavy atom. The maximum Gasteiger partial charge on any atom is 0.317 e. The van der Waals surface area contributed by atoms with Gasteiger partial charge < -0.3 is 15.0 Å². The number of ether oxygens (including phenoxy) is 1. The van der Waals surface area contributed by atoms with Gasteiger partial charge in [0, 0.05) is 12.7 Å². The van der Waals surface area contributed by atoms with Crippen molar-refractivity contribution in [1.82, 2.24) is 24.8 Å². The summed E-state index contributed by atoms with van der Waals surface area (Å²) in [5.74, 6) is 0.718. The number of carbonyl (C=O) groups is 1. The van der Waals surface area contributed by atoms with Crippen LogP contribution >= 0.6 is 0 Å². The van der Waals surface area contributed by atoms with Crippen LogP contribution in [-0.2, 0) is 11.3 Å². The molecule has 1 atom stereocenters. The SMILES string of the molecule is CC[C@@]1(C)CN(C(=O)NCc2nnc3ccccn23)CCO1. The summed E-state index contributed by atoms with van der Waals surface area (Å²) in [5, 5.41) is 11.1. The van der Waals surface area contributed by atoms with Gasteiger partial charge in [0.1, 0.15) is 0 Å². The molecule has 0 aliphatic carbocycles. The predicted molar refractivity (Wildman–Crippen MR) is 81.4 cm³/mol. The van der Waals surface area contributed by atoms with E-state index in [0.717, 1.165) is 17.9 Å². The number of hydrogen-bond donors (Lipinski definition) is 1. The molecule has 1 N–H and O–H groups in total. The number of aromatic nitrogens is 3. The van der Waals surface area contributed by atoms with Gasteiger partial charge in [-0.25, -0.2) is 4.79 Å². The fraction of sp³-hybridized carbons (Fsp3) is 0.533. The number of nitrogens with zero attached hydrogens (tertiary/aromatic N) is 4. The molecule has 22 heavy (non-hydrogen) atoms. The number of nitrogens with one attached hydrogen (secondary N) is 1. The Morgan fingerprint density at radius 2 is 2.32 bits per heavy atom. The summed E-state index contributed by atoms with van der Waals surface area (Å²) in [6.07, 6.45) is 2.77. The maximum absolute atomic E-state index is 12.3. The molecule has 1 saturated heterocycles. The van der Waals surface area contributed by atoms with Crippen molar-refractivity contribution in [3.63, 3.8) is 0 Å². The molecule has 1 aliphatic heterocycles. The lowest BCUT2D eigenvalue weighted by atomic mass is 10.0. The zero-order chi connectivity index (χ0) is 15.6. The molecule has 0 aromatic carbocycles. The van der Waals surface area contributed by atoms with Crippen molar-refractivity contribution in [3.05, 3.63) is 30.2 Å². The summed E-state index contributed by atoms with van der Waals surface area (Å²) >= 11 is 0. The first-order chi connectivity index (χ1) is 10.6. The Bertz CT molecular complexity index is 671. The van der Waals surface area contributed by atoms with E-state index in [-0.39, 0.29) is 11.6 Å². The van der Waals surface area contributed by atoms with Gasteiger partial charge in [0.05, 0.1) is 25.3 Å². The zero-order valence-corrected chi connectivity index (χ0v) is 13.0. The molecule has 0 radical (unpaired) electrons. The van der Waals surface area contributed by atoms with Gasteiger partial charge >= 0.3 is 6.03 Å². The first kappa shape index (κ1) is 14.8. The van der Waals surface area contributed by atoms with Gasteiger partial charge in [0.25, 0.3) is 0 Å². The monoisotopic (exact) mass is 303 g/mol. The minimum atomic E-state index is -0.253. The lowest BCUT2D eigenvalue weighted by molar-refractivity contribution is -0.0872. The van der Waals surface area contributed by atoms with Crippen LogP contribution in [0.25, 0.3) is 5.65 Å². The van der Waals surface area contributed by atoms with Crippen molar-refractivity contribution >= 4 is 11.7 Å². The molecule has 3 heterocycles. The number of morpholine rings is 1. The molecule has 0 saturated carbocycles. The molecule has 0 unspecified atom stereocenters. The third kappa shape index (κ3) is 2.89. The van der Waals surface area contributed by atoms with Gasteiger partial charge in [0.15, 0.2) is 11.5 Å². The highest BCUT2D eigenvalue weighted by Gasteiger charge is 2.32. The average molecular weight is 303 g/mol. The molecule has 2 amide bonds. The molecule has 1 aliphatic rings. The van der Waals surface area contributed by atoms with Crippen LogP contribution in [0.15, 0.2) is 24.4 Å². The van der Waals surface area contributed by atoms with Crippen molar-refractivity contribution < 1.29 is 9.53 Å². The standard InChI is InChI=1S/C15H21N5O2/c1-3-15(2)11-19(8-9-22-15)14(21)16-10-13-18-17-12-6-4-5-7-20(12)13/h4-7H,3,8-11H2,1-2H3,(H,16,21)/t15-/m0/s1. The first-order valence-corrected chi connectivity index (χ1v) is 7.57. The van der Waals surface area contributed by atoms with Crippen LogP contribution in [0.3, 0.4) is 0 Å². The van der Waals surface area contributed by atoms with E-state index in [2.05, 4.69) is 22.4 Å². The molecular formula is C15H21N5O2. The summed E-state index contributed by atoms with van der Waals surface area (Å²) < 4.78 is 7.63. The lowest BCUT2D eigenvalue weighted by Crippen LogP contribution is -2.54. The van der Waals surface area contributed by atoms with Crippen molar-refractivity contribution in [2.24, 2.45) is 0 Å². The highest BCUT2D eigenvalue weighted by molar-refractivity contribution is 5.74. The van der Waals surface area contributed by atoms with Crippen molar-refractivity contribution in [3.8, 4) is 0 Å². The van der Waals surface area contributed by atoms with Gasteiger partial charge in [-0.3, -0.25) is 4.40 Å². The number of pyridine rings is 1. The van der Waals surface area contributed by atoms with Crippen LogP contribution in [0.5, 0.6) is 0 Å². The average Bonchev–Trinajstić information content (AvgIpc) is 2.96. The summed E-state index contributed by atoms with van der Waals surface area (Å²) in [6.45, 7) is 6.26. The third-order valence-corrected chi connectivity index (χ3v) is 4.15. The molecule has 0 bridgehead atoms. The Kier molecular flexibility index (Phi) is 3.98. The van der Waals surface area contributed by atoms with Crippen molar-refractivity contribution in [2.45, 2.75) is 32.4 Å². The number of hydrogen-bond acceptors (Lipinski definition) is 4. The van der Waals surface area contributed by atoms with E-state index >= 15 is 0 Å².